The van der Waals surface area contributed by atoms with Gasteiger partial charge in [0, 0.05) is 16.4 Å². The van der Waals surface area contributed by atoms with Crippen LogP contribution in [0, 0.1) is 16.7 Å². The molecular weight excluding hydrogens is 419 g/mol. The van der Waals surface area contributed by atoms with E-state index in [1.807, 2.05) is 24.3 Å². The molecule has 2 bridgehead atoms. The molecule has 2 aromatic carbocycles. The SMILES string of the molecule is CC(C)(c1ccc(OCC23CC(N)(C2)C3)cc1)c1cc(Cl)c(OCCCl)c(C#N)c1. The average molecular weight is 445 g/mol. The minimum atomic E-state index is -0.349. The van der Waals surface area contributed by atoms with Crippen LogP contribution < -0.4 is 15.2 Å². The van der Waals surface area contributed by atoms with Gasteiger partial charge in [-0.15, -0.1) is 11.6 Å². The molecule has 3 saturated carbocycles. The summed E-state index contributed by atoms with van der Waals surface area (Å²) in [5.74, 6) is 1.58. The van der Waals surface area contributed by atoms with Crippen molar-refractivity contribution in [3.05, 3.63) is 58.1 Å². The maximum Gasteiger partial charge on any atom is 0.155 e. The molecule has 3 fully saturated rings. The Balaban J connectivity index is 1.50. The number of halogens is 2. The molecule has 0 amide bonds. The van der Waals surface area contributed by atoms with Crippen molar-refractivity contribution in [1.29, 1.82) is 5.26 Å². The molecule has 4 nitrogen and oxygen atoms in total. The van der Waals surface area contributed by atoms with Crippen LogP contribution in [0.25, 0.3) is 0 Å². The van der Waals surface area contributed by atoms with Gasteiger partial charge < -0.3 is 15.2 Å². The molecule has 3 aliphatic rings. The Morgan fingerprint density at radius 3 is 2.33 bits per heavy atom. The van der Waals surface area contributed by atoms with Gasteiger partial charge in [-0.3, -0.25) is 0 Å². The molecule has 0 unspecified atom stereocenters. The number of benzene rings is 2. The highest BCUT2D eigenvalue weighted by molar-refractivity contribution is 6.32. The summed E-state index contributed by atoms with van der Waals surface area (Å²) >= 11 is 12.1. The first-order valence-electron chi connectivity index (χ1n) is 10.2. The molecule has 0 heterocycles. The normalized spacial score (nSPS) is 24.4. The van der Waals surface area contributed by atoms with Crippen molar-refractivity contribution in [1.82, 2.24) is 0 Å². The van der Waals surface area contributed by atoms with Crippen LogP contribution >= 0.6 is 23.2 Å². The van der Waals surface area contributed by atoms with Gasteiger partial charge in [0.15, 0.2) is 5.75 Å². The van der Waals surface area contributed by atoms with Crippen molar-refractivity contribution in [2.24, 2.45) is 11.1 Å². The van der Waals surface area contributed by atoms with Gasteiger partial charge >= 0.3 is 0 Å². The summed E-state index contributed by atoms with van der Waals surface area (Å²) in [6.45, 7) is 5.25. The third-order valence-electron chi connectivity index (χ3n) is 6.51. The lowest BCUT2D eigenvalue weighted by atomic mass is 9.40. The molecule has 2 aromatic rings. The Morgan fingerprint density at radius 1 is 1.10 bits per heavy atom. The van der Waals surface area contributed by atoms with Crippen LogP contribution in [0.15, 0.2) is 36.4 Å². The molecule has 0 aromatic heterocycles. The smallest absolute Gasteiger partial charge is 0.155 e. The van der Waals surface area contributed by atoms with Gasteiger partial charge in [0.25, 0.3) is 0 Å². The molecule has 158 valence electrons. The Hall–Kier alpha value is -1.93. The molecule has 0 saturated heterocycles. The number of nitrogens with zero attached hydrogens (tertiary/aromatic N) is 1. The van der Waals surface area contributed by atoms with Gasteiger partial charge in [-0.1, -0.05) is 37.6 Å². The summed E-state index contributed by atoms with van der Waals surface area (Å²) in [6.07, 6.45) is 3.24. The fourth-order valence-corrected chi connectivity index (χ4v) is 5.28. The number of hydrogen-bond donors (Lipinski definition) is 1. The Morgan fingerprint density at radius 2 is 1.77 bits per heavy atom. The summed E-state index contributed by atoms with van der Waals surface area (Å²) in [6, 6.07) is 14.0. The van der Waals surface area contributed by atoms with Crippen LogP contribution in [0.4, 0.5) is 0 Å². The number of alkyl halides is 1. The summed E-state index contributed by atoms with van der Waals surface area (Å²) in [5.41, 5.74) is 8.65. The number of nitriles is 1. The van der Waals surface area contributed by atoms with Crippen LogP contribution in [0.3, 0.4) is 0 Å². The fraction of sp³-hybridized carbons (Fsp3) is 0.458. The highest BCUT2D eigenvalue weighted by Gasteiger charge is 2.66. The average Bonchev–Trinajstić information content (AvgIpc) is 2.68. The largest absolute Gasteiger partial charge is 0.493 e. The summed E-state index contributed by atoms with van der Waals surface area (Å²) in [7, 11) is 0. The summed E-state index contributed by atoms with van der Waals surface area (Å²) < 4.78 is 11.6. The van der Waals surface area contributed by atoms with E-state index in [2.05, 4.69) is 32.0 Å². The van der Waals surface area contributed by atoms with E-state index in [-0.39, 0.29) is 11.0 Å². The molecular formula is C24H26Cl2N2O2. The third kappa shape index (κ3) is 3.75. The van der Waals surface area contributed by atoms with Crippen LogP contribution in [0.2, 0.25) is 5.02 Å². The van der Waals surface area contributed by atoms with Gasteiger partial charge in [-0.25, -0.2) is 0 Å². The van der Waals surface area contributed by atoms with Gasteiger partial charge in [-0.2, -0.15) is 5.26 Å². The van der Waals surface area contributed by atoms with E-state index in [1.165, 1.54) is 0 Å². The second-order valence-electron chi connectivity index (χ2n) is 9.31. The predicted molar refractivity (Wildman–Crippen MR) is 120 cm³/mol. The van der Waals surface area contributed by atoms with E-state index in [0.29, 0.717) is 34.2 Å². The topological polar surface area (TPSA) is 68.3 Å². The zero-order chi connectivity index (χ0) is 21.6. The first kappa shape index (κ1) is 21.3. The van der Waals surface area contributed by atoms with E-state index in [9.17, 15) is 5.26 Å². The van der Waals surface area contributed by atoms with Crippen LogP contribution in [-0.4, -0.2) is 24.6 Å². The molecule has 6 heteroatoms. The lowest BCUT2D eigenvalue weighted by molar-refractivity contribution is -0.153. The second kappa shape index (κ2) is 7.64. The van der Waals surface area contributed by atoms with Gasteiger partial charge in [-0.05, 0) is 54.7 Å². The Labute approximate surface area is 187 Å². The van der Waals surface area contributed by atoms with Crippen molar-refractivity contribution < 1.29 is 9.47 Å². The quantitative estimate of drug-likeness (QED) is 0.552. The van der Waals surface area contributed by atoms with Crippen LogP contribution in [0.5, 0.6) is 11.5 Å². The zero-order valence-corrected chi connectivity index (χ0v) is 18.8. The number of hydrogen-bond acceptors (Lipinski definition) is 4. The Kier molecular flexibility index (Phi) is 5.43. The van der Waals surface area contributed by atoms with Crippen LogP contribution in [-0.2, 0) is 5.41 Å². The minimum absolute atomic E-state index is 0.103. The molecule has 2 N–H and O–H groups in total. The molecule has 0 aliphatic heterocycles. The molecule has 3 aliphatic carbocycles. The summed E-state index contributed by atoms with van der Waals surface area (Å²) in [4.78, 5) is 0. The number of ether oxygens (including phenoxy) is 2. The molecule has 0 spiro atoms. The van der Waals surface area contributed by atoms with E-state index < -0.39 is 0 Å². The van der Waals surface area contributed by atoms with Crippen molar-refractivity contribution >= 4 is 23.2 Å². The summed E-state index contributed by atoms with van der Waals surface area (Å²) in [5, 5.41) is 9.98. The van der Waals surface area contributed by atoms with E-state index >= 15 is 0 Å². The van der Waals surface area contributed by atoms with E-state index in [4.69, 9.17) is 38.4 Å². The highest BCUT2D eigenvalue weighted by Crippen LogP contribution is 2.65. The molecule has 0 atom stereocenters. The maximum absolute atomic E-state index is 9.56. The third-order valence-corrected chi connectivity index (χ3v) is 6.95. The first-order valence-corrected chi connectivity index (χ1v) is 11.1. The Bertz CT molecular complexity index is 976. The number of rotatable bonds is 8. The van der Waals surface area contributed by atoms with Crippen molar-refractivity contribution in [2.45, 2.75) is 44.1 Å². The van der Waals surface area contributed by atoms with Crippen molar-refractivity contribution in [2.75, 3.05) is 19.1 Å². The van der Waals surface area contributed by atoms with Gasteiger partial charge in [0.1, 0.15) is 18.4 Å². The lowest BCUT2D eigenvalue weighted by Gasteiger charge is -2.68. The first-order chi connectivity index (χ1) is 14.2. The van der Waals surface area contributed by atoms with Gasteiger partial charge in [0.05, 0.1) is 23.1 Å². The van der Waals surface area contributed by atoms with E-state index in [0.717, 1.165) is 42.7 Å². The second-order valence-corrected chi connectivity index (χ2v) is 10.1. The van der Waals surface area contributed by atoms with Crippen molar-refractivity contribution in [3.63, 3.8) is 0 Å². The van der Waals surface area contributed by atoms with Crippen LogP contribution in [0.1, 0.15) is 49.8 Å². The standard InChI is InChI=1S/C24H26Cl2N2O2/c1-22(2,18-9-16(11-27)21(20(26)10-18)29-8-7-25)17-3-5-19(6-4-17)30-15-23-12-24(28,13-23)14-23/h3-6,9-10H,7-8,12-15,28H2,1-2H3. The zero-order valence-electron chi connectivity index (χ0n) is 17.3. The fourth-order valence-electron chi connectivity index (χ4n) is 4.93. The monoisotopic (exact) mass is 444 g/mol. The number of nitrogens with two attached hydrogens (primary N) is 1. The molecule has 5 rings (SSSR count). The molecule has 30 heavy (non-hydrogen) atoms. The highest BCUT2D eigenvalue weighted by atomic mass is 35.5. The maximum atomic E-state index is 9.56. The van der Waals surface area contributed by atoms with Gasteiger partial charge in [0.2, 0.25) is 0 Å². The lowest BCUT2D eigenvalue weighted by Crippen LogP contribution is -2.73. The van der Waals surface area contributed by atoms with E-state index in [1.54, 1.807) is 0 Å². The molecule has 0 radical (unpaired) electrons. The van der Waals surface area contributed by atoms with Crippen molar-refractivity contribution in [3.8, 4) is 17.6 Å². The predicted octanol–water partition coefficient (Wildman–Crippen LogP) is 5.42. The minimum Gasteiger partial charge on any atom is -0.493 e.